The molecule has 0 atom stereocenters. The van der Waals surface area contributed by atoms with Crippen LogP contribution in [0.3, 0.4) is 0 Å². The maximum absolute atomic E-state index is 5.67. The molecule has 1 saturated carbocycles. The van der Waals surface area contributed by atoms with E-state index in [1.165, 1.54) is 0 Å². The van der Waals surface area contributed by atoms with Crippen molar-refractivity contribution >= 4 is 0 Å². The van der Waals surface area contributed by atoms with Crippen LogP contribution in [0.2, 0.25) is 0 Å². The molecule has 2 N–H and O–H groups in total. The minimum atomic E-state index is 0.366. The van der Waals surface area contributed by atoms with E-state index in [1.807, 2.05) is 30.3 Å². The number of hydrogen-bond acceptors (Lipinski definition) is 3. The lowest BCUT2D eigenvalue weighted by molar-refractivity contribution is -0.0123. The average molecular weight is 221 g/mol. The first-order chi connectivity index (χ1) is 7.84. The van der Waals surface area contributed by atoms with Crippen LogP contribution in [0.1, 0.15) is 19.3 Å². The molecule has 0 radical (unpaired) electrons. The van der Waals surface area contributed by atoms with E-state index >= 15 is 0 Å². The molecule has 88 valence electrons. The summed E-state index contributed by atoms with van der Waals surface area (Å²) in [7, 11) is 0. The molecule has 0 bridgehead atoms. The Morgan fingerprint density at radius 3 is 2.56 bits per heavy atom. The van der Waals surface area contributed by atoms with Gasteiger partial charge in [0.05, 0.1) is 19.3 Å². The van der Waals surface area contributed by atoms with Crippen LogP contribution in [0.25, 0.3) is 0 Å². The van der Waals surface area contributed by atoms with E-state index in [0.29, 0.717) is 18.8 Å². The van der Waals surface area contributed by atoms with Crippen LogP contribution in [0.4, 0.5) is 0 Å². The highest BCUT2D eigenvalue weighted by Crippen LogP contribution is 2.21. The highest BCUT2D eigenvalue weighted by atomic mass is 16.5. The predicted molar refractivity (Wildman–Crippen MR) is 63.5 cm³/mol. The summed E-state index contributed by atoms with van der Waals surface area (Å²) in [5.74, 6) is 0.924. The third-order valence-electron chi connectivity index (χ3n) is 2.79. The van der Waals surface area contributed by atoms with Gasteiger partial charge in [-0.2, -0.15) is 0 Å². The molecule has 16 heavy (non-hydrogen) atoms. The van der Waals surface area contributed by atoms with E-state index in [0.717, 1.165) is 31.6 Å². The topological polar surface area (TPSA) is 44.5 Å². The highest BCUT2D eigenvalue weighted by molar-refractivity contribution is 5.20. The van der Waals surface area contributed by atoms with E-state index in [2.05, 4.69) is 0 Å². The molecule has 3 nitrogen and oxygen atoms in total. The number of ether oxygens (including phenoxy) is 2. The van der Waals surface area contributed by atoms with Crippen molar-refractivity contribution in [3.63, 3.8) is 0 Å². The Morgan fingerprint density at radius 2 is 1.88 bits per heavy atom. The van der Waals surface area contributed by atoms with Crippen LogP contribution in [0.5, 0.6) is 5.75 Å². The quantitative estimate of drug-likeness (QED) is 0.747. The summed E-state index contributed by atoms with van der Waals surface area (Å²) in [4.78, 5) is 0. The van der Waals surface area contributed by atoms with Crippen molar-refractivity contribution in [2.24, 2.45) is 5.73 Å². The van der Waals surface area contributed by atoms with Crippen LogP contribution in [0.15, 0.2) is 30.3 Å². The summed E-state index contributed by atoms with van der Waals surface area (Å²) >= 11 is 0. The fraction of sp³-hybridized carbons (Fsp3) is 0.538. The zero-order valence-corrected chi connectivity index (χ0v) is 9.47. The molecular formula is C13H19NO2. The van der Waals surface area contributed by atoms with E-state index in [4.69, 9.17) is 15.2 Å². The minimum absolute atomic E-state index is 0.366. The standard InChI is InChI=1S/C13H19NO2/c14-11-9-13(10-11)16-8-4-7-15-12-5-2-1-3-6-12/h1-3,5-6,11,13H,4,7-10,14H2. The van der Waals surface area contributed by atoms with Crippen LogP contribution in [-0.4, -0.2) is 25.4 Å². The molecule has 2 rings (SSSR count). The normalized spacial score (nSPS) is 23.8. The Morgan fingerprint density at radius 1 is 1.12 bits per heavy atom. The molecule has 0 spiro atoms. The van der Waals surface area contributed by atoms with Crippen LogP contribution >= 0.6 is 0 Å². The molecule has 0 heterocycles. The van der Waals surface area contributed by atoms with E-state index in [1.54, 1.807) is 0 Å². The second-order valence-corrected chi connectivity index (χ2v) is 4.24. The Kier molecular flexibility index (Phi) is 4.19. The van der Waals surface area contributed by atoms with Crippen LogP contribution < -0.4 is 10.5 Å². The molecule has 1 aromatic carbocycles. The van der Waals surface area contributed by atoms with Crippen molar-refractivity contribution in [1.82, 2.24) is 0 Å². The van der Waals surface area contributed by atoms with Crippen molar-refractivity contribution in [3.8, 4) is 5.75 Å². The second-order valence-electron chi connectivity index (χ2n) is 4.24. The summed E-state index contributed by atoms with van der Waals surface area (Å²) in [6.45, 7) is 1.48. The molecule has 0 aromatic heterocycles. The van der Waals surface area contributed by atoms with Gasteiger partial charge in [0.2, 0.25) is 0 Å². The van der Waals surface area contributed by atoms with E-state index in [9.17, 15) is 0 Å². The van der Waals surface area contributed by atoms with Gasteiger partial charge in [0.15, 0.2) is 0 Å². The molecule has 3 heteroatoms. The van der Waals surface area contributed by atoms with Gasteiger partial charge in [-0.3, -0.25) is 0 Å². The zero-order chi connectivity index (χ0) is 11.2. The second kappa shape index (κ2) is 5.87. The van der Waals surface area contributed by atoms with Gasteiger partial charge < -0.3 is 15.2 Å². The minimum Gasteiger partial charge on any atom is -0.494 e. The molecular weight excluding hydrogens is 202 g/mol. The molecule has 0 unspecified atom stereocenters. The van der Waals surface area contributed by atoms with Gasteiger partial charge in [0.25, 0.3) is 0 Å². The lowest BCUT2D eigenvalue weighted by Gasteiger charge is -2.32. The number of hydrogen-bond donors (Lipinski definition) is 1. The van der Waals surface area contributed by atoms with Crippen molar-refractivity contribution in [3.05, 3.63) is 30.3 Å². The first-order valence-electron chi connectivity index (χ1n) is 5.89. The fourth-order valence-corrected chi connectivity index (χ4v) is 1.76. The average Bonchev–Trinajstić information content (AvgIpc) is 2.27. The number of rotatable bonds is 6. The van der Waals surface area contributed by atoms with Gasteiger partial charge in [-0.1, -0.05) is 18.2 Å². The molecule has 1 aliphatic carbocycles. The predicted octanol–water partition coefficient (Wildman–Crippen LogP) is 1.96. The first kappa shape index (κ1) is 11.4. The van der Waals surface area contributed by atoms with Gasteiger partial charge in [-0.05, 0) is 25.0 Å². The number of benzene rings is 1. The molecule has 0 aliphatic heterocycles. The number of nitrogens with two attached hydrogens (primary N) is 1. The largest absolute Gasteiger partial charge is 0.494 e. The summed E-state index contributed by atoms with van der Waals surface area (Å²) in [5.41, 5.74) is 5.67. The molecule has 1 aliphatic rings. The first-order valence-corrected chi connectivity index (χ1v) is 5.89. The maximum Gasteiger partial charge on any atom is 0.119 e. The van der Waals surface area contributed by atoms with Crippen molar-refractivity contribution < 1.29 is 9.47 Å². The third kappa shape index (κ3) is 3.51. The Balaban J connectivity index is 1.49. The highest BCUT2D eigenvalue weighted by Gasteiger charge is 2.25. The van der Waals surface area contributed by atoms with Gasteiger partial charge in [-0.15, -0.1) is 0 Å². The van der Waals surface area contributed by atoms with Gasteiger partial charge in [-0.25, -0.2) is 0 Å². The molecule has 0 saturated heterocycles. The summed E-state index contributed by atoms with van der Waals surface area (Å²) in [6.07, 6.45) is 3.35. The maximum atomic E-state index is 5.67. The lowest BCUT2D eigenvalue weighted by Crippen LogP contribution is -2.41. The van der Waals surface area contributed by atoms with Crippen LogP contribution in [0, 0.1) is 0 Å². The molecule has 1 fully saturated rings. The van der Waals surface area contributed by atoms with Gasteiger partial charge in [0, 0.05) is 12.5 Å². The fourth-order valence-electron chi connectivity index (χ4n) is 1.76. The van der Waals surface area contributed by atoms with Crippen LogP contribution in [-0.2, 0) is 4.74 Å². The Labute approximate surface area is 96.5 Å². The van der Waals surface area contributed by atoms with Crippen molar-refractivity contribution in [2.75, 3.05) is 13.2 Å². The van der Waals surface area contributed by atoms with Gasteiger partial charge in [0.1, 0.15) is 5.75 Å². The smallest absolute Gasteiger partial charge is 0.119 e. The Bertz CT molecular complexity index is 296. The van der Waals surface area contributed by atoms with Crippen molar-refractivity contribution in [1.29, 1.82) is 0 Å². The Hall–Kier alpha value is -1.06. The lowest BCUT2D eigenvalue weighted by atomic mass is 9.90. The van der Waals surface area contributed by atoms with Crippen molar-refractivity contribution in [2.45, 2.75) is 31.4 Å². The van der Waals surface area contributed by atoms with E-state index in [-0.39, 0.29) is 0 Å². The number of para-hydroxylation sites is 1. The third-order valence-corrected chi connectivity index (χ3v) is 2.79. The summed E-state index contributed by atoms with van der Waals surface area (Å²) in [6, 6.07) is 10.2. The SMILES string of the molecule is NC1CC(OCCCOc2ccccc2)C1. The molecule has 1 aromatic rings. The van der Waals surface area contributed by atoms with Gasteiger partial charge >= 0.3 is 0 Å². The summed E-state index contributed by atoms with van der Waals surface area (Å²) < 4.78 is 11.2. The van der Waals surface area contributed by atoms with E-state index < -0.39 is 0 Å². The summed E-state index contributed by atoms with van der Waals surface area (Å²) in [5, 5.41) is 0. The zero-order valence-electron chi connectivity index (χ0n) is 9.47. The monoisotopic (exact) mass is 221 g/mol. The molecule has 0 amide bonds.